The van der Waals surface area contributed by atoms with Crippen LogP contribution in [0.5, 0.6) is 5.75 Å². The third kappa shape index (κ3) is 4.72. The summed E-state index contributed by atoms with van der Waals surface area (Å²) in [5, 5.41) is 13.4. The SMILES string of the molecule is CC1CCCC(CO)(NCc2ccc(OC(C)C)cc2)C1. The van der Waals surface area contributed by atoms with Crippen LogP contribution in [0.4, 0.5) is 0 Å². The van der Waals surface area contributed by atoms with Gasteiger partial charge >= 0.3 is 0 Å². The van der Waals surface area contributed by atoms with E-state index >= 15 is 0 Å². The van der Waals surface area contributed by atoms with Crippen molar-refractivity contribution < 1.29 is 9.84 Å². The van der Waals surface area contributed by atoms with Crippen LogP contribution in [0, 0.1) is 5.92 Å². The molecule has 2 atom stereocenters. The van der Waals surface area contributed by atoms with Crippen molar-refractivity contribution >= 4 is 0 Å². The maximum absolute atomic E-state index is 9.80. The number of aliphatic hydroxyl groups excluding tert-OH is 1. The lowest BCUT2D eigenvalue weighted by molar-refractivity contribution is 0.0982. The summed E-state index contributed by atoms with van der Waals surface area (Å²) in [7, 11) is 0. The second-order valence-electron chi connectivity index (χ2n) is 6.80. The zero-order chi connectivity index (χ0) is 15.3. The highest BCUT2D eigenvalue weighted by atomic mass is 16.5. The minimum atomic E-state index is -0.0925. The first-order valence-electron chi connectivity index (χ1n) is 8.14. The van der Waals surface area contributed by atoms with Crippen LogP contribution in [0.2, 0.25) is 0 Å². The average molecular weight is 291 g/mol. The highest BCUT2D eigenvalue weighted by Crippen LogP contribution is 2.32. The van der Waals surface area contributed by atoms with Gasteiger partial charge in [0.05, 0.1) is 12.7 Å². The number of hydrogen-bond donors (Lipinski definition) is 2. The van der Waals surface area contributed by atoms with Crippen molar-refractivity contribution in [2.45, 2.75) is 64.6 Å². The Hall–Kier alpha value is -1.06. The van der Waals surface area contributed by atoms with Crippen LogP contribution in [0.25, 0.3) is 0 Å². The van der Waals surface area contributed by atoms with Gasteiger partial charge < -0.3 is 15.2 Å². The molecule has 1 aliphatic rings. The summed E-state index contributed by atoms with van der Waals surface area (Å²) in [6, 6.07) is 8.24. The van der Waals surface area contributed by atoms with E-state index in [0.717, 1.165) is 25.1 Å². The maximum Gasteiger partial charge on any atom is 0.119 e. The highest BCUT2D eigenvalue weighted by Gasteiger charge is 2.33. The number of benzene rings is 1. The van der Waals surface area contributed by atoms with Gasteiger partial charge in [-0.2, -0.15) is 0 Å². The molecule has 0 heterocycles. The van der Waals surface area contributed by atoms with Crippen LogP contribution < -0.4 is 10.1 Å². The highest BCUT2D eigenvalue weighted by molar-refractivity contribution is 5.27. The van der Waals surface area contributed by atoms with Crippen molar-refractivity contribution in [3.63, 3.8) is 0 Å². The summed E-state index contributed by atoms with van der Waals surface area (Å²) >= 11 is 0. The van der Waals surface area contributed by atoms with E-state index in [4.69, 9.17) is 4.74 Å². The van der Waals surface area contributed by atoms with Crippen molar-refractivity contribution in [3.8, 4) is 5.75 Å². The monoisotopic (exact) mass is 291 g/mol. The molecule has 1 fully saturated rings. The average Bonchev–Trinajstić information content (AvgIpc) is 2.46. The number of rotatable bonds is 6. The molecule has 2 rings (SSSR count). The molecule has 0 radical (unpaired) electrons. The quantitative estimate of drug-likeness (QED) is 0.843. The maximum atomic E-state index is 9.80. The number of hydrogen-bond acceptors (Lipinski definition) is 3. The Balaban J connectivity index is 1.92. The number of ether oxygens (including phenoxy) is 1. The van der Waals surface area contributed by atoms with E-state index in [9.17, 15) is 5.11 Å². The summed E-state index contributed by atoms with van der Waals surface area (Å²) in [6.07, 6.45) is 4.83. The van der Waals surface area contributed by atoms with Gasteiger partial charge in [-0.05, 0) is 50.3 Å². The molecule has 0 bridgehead atoms. The minimum Gasteiger partial charge on any atom is -0.491 e. The second-order valence-corrected chi connectivity index (χ2v) is 6.80. The zero-order valence-electron chi connectivity index (χ0n) is 13.6. The van der Waals surface area contributed by atoms with Crippen LogP contribution >= 0.6 is 0 Å². The zero-order valence-corrected chi connectivity index (χ0v) is 13.6. The minimum absolute atomic E-state index is 0.0925. The topological polar surface area (TPSA) is 41.5 Å². The van der Waals surface area contributed by atoms with Crippen LogP contribution in [-0.2, 0) is 6.54 Å². The van der Waals surface area contributed by atoms with Gasteiger partial charge in [0.15, 0.2) is 0 Å². The molecule has 21 heavy (non-hydrogen) atoms. The van der Waals surface area contributed by atoms with Crippen LogP contribution in [-0.4, -0.2) is 23.4 Å². The molecule has 118 valence electrons. The lowest BCUT2D eigenvalue weighted by Crippen LogP contribution is -2.51. The van der Waals surface area contributed by atoms with E-state index in [1.165, 1.54) is 18.4 Å². The molecule has 0 amide bonds. The van der Waals surface area contributed by atoms with Gasteiger partial charge in [0.1, 0.15) is 5.75 Å². The second kappa shape index (κ2) is 7.28. The van der Waals surface area contributed by atoms with E-state index in [2.05, 4.69) is 24.4 Å². The van der Waals surface area contributed by atoms with E-state index in [1.807, 2.05) is 26.0 Å². The predicted molar refractivity (Wildman–Crippen MR) is 86.5 cm³/mol. The third-order valence-electron chi connectivity index (χ3n) is 4.36. The Kier molecular flexibility index (Phi) is 5.65. The van der Waals surface area contributed by atoms with Crippen LogP contribution in [0.3, 0.4) is 0 Å². The Morgan fingerprint density at radius 1 is 1.33 bits per heavy atom. The molecule has 0 saturated heterocycles. The van der Waals surface area contributed by atoms with Crippen molar-refractivity contribution in [2.24, 2.45) is 5.92 Å². The summed E-state index contributed by atoms with van der Waals surface area (Å²) in [5.41, 5.74) is 1.14. The van der Waals surface area contributed by atoms with E-state index in [-0.39, 0.29) is 18.2 Å². The van der Waals surface area contributed by atoms with Gasteiger partial charge in [0.2, 0.25) is 0 Å². The van der Waals surface area contributed by atoms with Crippen LogP contribution in [0.15, 0.2) is 24.3 Å². The third-order valence-corrected chi connectivity index (χ3v) is 4.36. The Labute approximate surface area is 128 Å². The smallest absolute Gasteiger partial charge is 0.119 e. The first-order valence-corrected chi connectivity index (χ1v) is 8.14. The molecule has 1 aromatic carbocycles. The van der Waals surface area contributed by atoms with Crippen LogP contribution in [0.1, 0.15) is 52.0 Å². The fraction of sp³-hybridized carbons (Fsp3) is 0.667. The number of aliphatic hydroxyl groups is 1. The summed E-state index contributed by atoms with van der Waals surface area (Å²) < 4.78 is 5.66. The van der Waals surface area contributed by atoms with Gasteiger partial charge in [-0.1, -0.05) is 31.9 Å². The first-order chi connectivity index (χ1) is 10.0. The van der Waals surface area contributed by atoms with Gasteiger partial charge in [-0.25, -0.2) is 0 Å². The summed E-state index contributed by atoms with van der Waals surface area (Å²) in [4.78, 5) is 0. The van der Waals surface area contributed by atoms with Crippen molar-refractivity contribution in [3.05, 3.63) is 29.8 Å². The molecule has 0 spiro atoms. The lowest BCUT2D eigenvalue weighted by atomic mass is 9.77. The molecule has 2 unspecified atom stereocenters. The summed E-state index contributed by atoms with van der Waals surface area (Å²) in [5.74, 6) is 1.61. The molecular weight excluding hydrogens is 262 g/mol. The molecule has 1 aromatic rings. The van der Waals surface area contributed by atoms with E-state index in [0.29, 0.717) is 5.92 Å². The van der Waals surface area contributed by atoms with Gasteiger partial charge in [0.25, 0.3) is 0 Å². The Morgan fingerprint density at radius 3 is 2.62 bits per heavy atom. The van der Waals surface area contributed by atoms with Crippen molar-refractivity contribution in [1.29, 1.82) is 0 Å². The normalized spacial score (nSPS) is 26.0. The van der Waals surface area contributed by atoms with E-state index < -0.39 is 0 Å². The van der Waals surface area contributed by atoms with Crippen molar-refractivity contribution in [1.82, 2.24) is 5.32 Å². The fourth-order valence-electron chi connectivity index (χ4n) is 3.27. The fourth-order valence-corrected chi connectivity index (χ4v) is 3.27. The number of nitrogens with one attached hydrogen (secondary N) is 1. The summed E-state index contributed by atoms with van der Waals surface area (Å²) in [6.45, 7) is 7.37. The molecule has 1 aliphatic carbocycles. The lowest BCUT2D eigenvalue weighted by Gasteiger charge is -2.39. The molecule has 0 aliphatic heterocycles. The predicted octanol–water partition coefficient (Wildman–Crippen LogP) is 3.50. The molecule has 3 heteroatoms. The molecule has 2 N–H and O–H groups in total. The standard InChI is InChI=1S/C18H29NO2/c1-14(2)21-17-8-6-16(7-9-17)12-19-18(13-20)10-4-5-15(3)11-18/h6-9,14-15,19-20H,4-5,10-13H2,1-3H3. The van der Waals surface area contributed by atoms with Crippen molar-refractivity contribution in [2.75, 3.05) is 6.61 Å². The van der Waals surface area contributed by atoms with Gasteiger partial charge in [-0.3, -0.25) is 0 Å². The molecule has 3 nitrogen and oxygen atoms in total. The molecule has 1 saturated carbocycles. The van der Waals surface area contributed by atoms with E-state index in [1.54, 1.807) is 0 Å². The molecular formula is C18H29NO2. The largest absolute Gasteiger partial charge is 0.491 e. The van der Waals surface area contributed by atoms with Gasteiger partial charge in [-0.15, -0.1) is 0 Å². The molecule has 0 aromatic heterocycles. The van der Waals surface area contributed by atoms with Gasteiger partial charge in [0, 0.05) is 12.1 Å². The Bertz CT molecular complexity index is 429. The first kappa shape index (κ1) is 16.3. The Morgan fingerprint density at radius 2 is 2.05 bits per heavy atom.